The number of rotatable bonds is 5. The Labute approximate surface area is 205 Å². The average Bonchev–Trinajstić information content (AvgIpc) is 2.85. The van der Waals surface area contributed by atoms with Crippen molar-refractivity contribution in [3.05, 3.63) is 58.1 Å². The molecule has 5 atom stereocenters. The first-order valence-corrected chi connectivity index (χ1v) is 10.5. The van der Waals surface area contributed by atoms with Crippen LogP contribution in [0, 0.1) is 0 Å². The Bertz CT molecular complexity index is 1330. The molecule has 2 aliphatic rings. The van der Waals surface area contributed by atoms with Crippen molar-refractivity contribution in [2.45, 2.75) is 30.7 Å². The lowest BCUT2D eigenvalue weighted by Gasteiger charge is -2.40. The molecule has 1 aliphatic heterocycles. The quantitative estimate of drug-likeness (QED) is 0.170. The molecule has 4 rings (SSSR count). The number of phenols is 1. The fourth-order valence-corrected chi connectivity index (χ4v) is 3.99. The highest BCUT2D eigenvalue weighted by Gasteiger charge is 2.46. The molecule has 0 saturated carbocycles. The molecule has 1 heterocycles. The number of aromatic carboxylic acids is 1. The maximum absolute atomic E-state index is 13.3. The molecule has 0 spiro atoms. The number of hydrogen-bond acceptors (Lipinski definition) is 12. The van der Waals surface area contributed by atoms with Crippen molar-refractivity contribution in [2.75, 3.05) is 6.61 Å². The number of carboxylic acids is 2. The topological polar surface area (TPSA) is 234 Å². The van der Waals surface area contributed by atoms with Gasteiger partial charge in [0.2, 0.25) is 12.1 Å². The Balaban J connectivity index is 1.66. The molecule has 0 bridgehead atoms. The van der Waals surface area contributed by atoms with Crippen molar-refractivity contribution < 1.29 is 68.8 Å². The van der Waals surface area contributed by atoms with Crippen LogP contribution in [-0.2, 0) is 19.1 Å². The van der Waals surface area contributed by atoms with Crippen LogP contribution in [0.25, 0.3) is 0 Å². The van der Waals surface area contributed by atoms with Gasteiger partial charge < -0.3 is 44.8 Å². The van der Waals surface area contributed by atoms with E-state index in [0.29, 0.717) is 0 Å². The Morgan fingerprint density at radius 3 is 2.24 bits per heavy atom. The second-order valence-electron chi connectivity index (χ2n) is 8.10. The molecular formula is C23H18O14. The van der Waals surface area contributed by atoms with Crippen LogP contribution in [0.1, 0.15) is 42.2 Å². The van der Waals surface area contributed by atoms with Crippen molar-refractivity contribution in [1.82, 2.24) is 0 Å². The van der Waals surface area contributed by atoms with Gasteiger partial charge >= 0.3 is 17.9 Å². The summed E-state index contributed by atoms with van der Waals surface area (Å²) in [4.78, 5) is 59.5. The van der Waals surface area contributed by atoms with Crippen molar-refractivity contribution in [2.24, 2.45) is 0 Å². The van der Waals surface area contributed by atoms with Crippen LogP contribution in [-0.4, -0.2) is 97.4 Å². The molecule has 0 aromatic heterocycles. The van der Waals surface area contributed by atoms with Crippen molar-refractivity contribution in [3.8, 4) is 11.5 Å². The molecule has 0 unspecified atom stereocenters. The largest absolute Gasteiger partial charge is 0.507 e. The molecule has 14 heteroatoms. The molecule has 6 N–H and O–H groups in total. The lowest BCUT2D eigenvalue weighted by Crippen LogP contribution is -2.60. The number of aliphatic carboxylic acids is 1. The summed E-state index contributed by atoms with van der Waals surface area (Å²) in [6, 6.07) is 5.52. The summed E-state index contributed by atoms with van der Waals surface area (Å²) in [5.41, 5.74) is -1.81. The van der Waals surface area contributed by atoms with Gasteiger partial charge in [0.1, 0.15) is 42.5 Å². The number of carbonyl (C=O) groups is 5. The molecule has 2 aromatic rings. The highest BCUT2D eigenvalue weighted by Crippen LogP contribution is 2.38. The molecule has 0 amide bonds. The van der Waals surface area contributed by atoms with E-state index in [-0.39, 0.29) is 22.4 Å². The molecule has 37 heavy (non-hydrogen) atoms. The molecule has 1 saturated heterocycles. The first kappa shape index (κ1) is 25.7. The van der Waals surface area contributed by atoms with Crippen LogP contribution >= 0.6 is 0 Å². The number of esters is 1. The first-order valence-electron chi connectivity index (χ1n) is 10.5. The molecular weight excluding hydrogens is 500 g/mol. The van der Waals surface area contributed by atoms with Gasteiger partial charge in [0.25, 0.3) is 0 Å². The second-order valence-corrected chi connectivity index (χ2v) is 8.10. The maximum atomic E-state index is 13.3. The number of aliphatic hydroxyl groups is 3. The summed E-state index contributed by atoms with van der Waals surface area (Å²) >= 11 is 0. The van der Waals surface area contributed by atoms with E-state index in [2.05, 4.69) is 4.74 Å². The number of fused-ring (bicyclic) bond motifs is 2. The van der Waals surface area contributed by atoms with E-state index < -0.39 is 83.7 Å². The Kier molecular flexibility index (Phi) is 6.66. The predicted molar refractivity (Wildman–Crippen MR) is 114 cm³/mol. The van der Waals surface area contributed by atoms with E-state index in [1.807, 2.05) is 0 Å². The van der Waals surface area contributed by atoms with Crippen molar-refractivity contribution in [1.29, 1.82) is 0 Å². The third-order valence-electron chi connectivity index (χ3n) is 5.80. The standard InChI is InChI=1S/C23H18O14/c24-10-5-7(20(30)31)4-9-13(10)17(27)14-8(15(9)25)2-1-3-11(14)36-23-19(29)18(28)16(26)12(37-23)6-35-22(34)21(32)33/h1-5,12,16,18-19,23-24,26,28-29H,6H2,(H,30,31)(H,32,33)/t12-,16-,18-,19-,23-/m1/s1. The van der Waals surface area contributed by atoms with Gasteiger partial charge in [-0.15, -0.1) is 0 Å². The molecule has 1 aliphatic carbocycles. The number of phenolic OH excluding ortho intramolecular Hbond substituents is 1. The highest BCUT2D eigenvalue weighted by molar-refractivity contribution is 6.30. The van der Waals surface area contributed by atoms with Gasteiger partial charge in [-0.05, 0) is 18.2 Å². The molecule has 14 nitrogen and oxygen atoms in total. The first-order chi connectivity index (χ1) is 17.4. The number of hydrogen-bond donors (Lipinski definition) is 6. The number of carbonyl (C=O) groups excluding carboxylic acids is 3. The summed E-state index contributed by atoms with van der Waals surface area (Å²) in [5.74, 6) is -7.83. The number of benzene rings is 2. The zero-order valence-electron chi connectivity index (χ0n) is 18.4. The summed E-state index contributed by atoms with van der Waals surface area (Å²) in [6.45, 7) is -0.840. The third-order valence-corrected chi connectivity index (χ3v) is 5.80. The average molecular weight is 518 g/mol. The van der Waals surface area contributed by atoms with Gasteiger partial charge in [-0.25, -0.2) is 14.4 Å². The summed E-state index contributed by atoms with van der Waals surface area (Å²) in [7, 11) is 0. The number of aromatic hydroxyl groups is 1. The molecule has 194 valence electrons. The van der Waals surface area contributed by atoms with Crippen LogP contribution in [0.15, 0.2) is 30.3 Å². The van der Waals surface area contributed by atoms with Gasteiger partial charge in [0, 0.05) is 11.1 Å². The third kappa shape index (κ3) is 4.49. The van der Waals surface area contributed by atoms with Crippen LogP contribution < -0.4 is 4.74 Å². The van der Waals surface area contributed by atoms with Crippen LogP contribution in [0.4, 0.5) is 0 Å². The van der Waals surface area contributed by atoms with Crippen LogP contribution in [0.5, 0.6) is 11.5 Å². The number of carboxylic acid groups (broad SMARTS) is 2. The van der Waals surface area contributed by atoms with E-state index in [1.54, 1.807) is 0 Å². The van der Waals surface area contributed by atoms with Crippen molar-refractivity contribution in [3.63, 3.8) is 0 Å². The van der Waals surface area contributed by atoms with Gasteiger partial charge in [0.15, 0.2) is 5.78 Å². The normalized spacial score (nSPS) is 24.6. The molecule has 0 radical (unpaired) electrons. The van der Waals surface area contributed by atoms with Gasteiger partial charge in [0.05, 0.1) is 16.7 Å². The lowest BCUT2D eigenvalue weighted by molar-refractivity contribution is -0.278. The van der Waals surface area contributed by atoms with Gasteiger partial charge in [-0.3, -0.25) is 9.59 Å². The smallest absolute Gasteiger partial charge is 0.417 e. The van der Waals surface area contributed by atoms with E-state index in [0.717, 1.165) is 12.1 Å². The van der Waals surface area contributed by atoms with E-state index in [4.69, 9.17) is 14.6 Å². The zero-order chi connectivity index (χ0) is 27.2. The number of aliphatic hydroxyl groups excluding tert-OH is 3. The van der Waals surface area contributed by atoms with E-state index in [9.17, 15) is 49.5 Å². The van der Waals surface area contributed by atoms with Crippen LogP contribution in [0.3, 0.4) is 0 Å². The zero-order valence-corrected chi connectivity index (χ0v) is 18.4. The Hall–Kier alpha value is -4.37. The van der Waals surface area contributed by atoms with Gasteiger partial charge in [-0.1, -0.05) is 12.1 Å². The minimum absolute atomic E-state index is 0.213. The SMILES string of the molecule is O=C(O)C(=O)OC[C@H]1O[C@@H](Oc2cccc3c2C(=O)c2c(O)cc(C(=O)O)cc2C3=O)[C@H](O)[C@H](O)[C@@H]1O. The Morgan fingerprint density at radius 2 is 1.59 bits per heavy atom. The highest BCUT2D eigenvalue weighted by atomic mass is 16.7. The minimum atomic E-state index is -1.92. The van der Waals surface area contributed by atoms with Crippen LogP contribution in [0.2, 0.25) is 0 Å². The maximum Gasteiger partial charge on any atom is 0.417 e. The summed E-state index contributed by atoms with van der Waals surface area (Å²) in [6.07, 6.45) is -9.00. The fourth-order valence-electron chi connectivity index (χ4n) is 3.99. The number of ether oxygens (including phenoxy) is 3. The summed E-state index contributed by atoms with van der Waals surface area (Å²) < 4.78 is 15.4. The molecule has 1 fully saturated rings. The number of ketones is 2. The minimum Gasteiger partial charge on any atom is -0.507 e. The Morgan fingerprint density at radius 1 is 0.892 bits per heavy atom. The predicted octanol–water partition coefficient (Wildman–Crippen LogP) is -1.32. The fraction of sp³-hybridized carbons (Fsp3) is 0.261. The van der Waals surface area contributed by atoms with Crippen molar-refractivity contribution >= 4 is 29.5 Å². The van der Waals surface area contributed by atoms with E-state index >= 15 is 0 Å². The second kappa shape index (κ2) is 9.59. The summed E-state index contributed by atoms with van der Waals surface area (Å²) in [5, 5.41) is 58.8. The monoisotopic (exact) mass is 518 g/mol. The molecule has 2 aromatic carbocycles. The van der Waals surface area contributed by atoms with Gasteiger partial charge in [-0.2, -0.15) is 0 Å². The van der Waals surface area contributed by atoms with E-state index in [1.165, 1.54) is 18.2 Å². The lowest BCUT2D eigenvalue weighted by atomic mass is 9.82.